The molecule has 0 spiro atoms. The van der Waals surface area contributed by atoms with Crippen LogP contribution in [0.25, 0.3) is 0 Å². The molecule has 0 bridgehead atoms. The van der Waals surface area contributed by atoms with E-state index < -0.39 is 0 Å². The fraction of sp³-hybridized carbons (Fsp3) is 0.455. The van der Waals surface area contributed by atoms with E-state index in [1.54, 1.807) is 40.0 Å². The van der Waals surface area contributed by atoms with Crippen molar-refractivity contribution in [3.63, 3.8) is 0 Å². The molecule has 2 aromatic heterocycles. The molecule has 2 rings (SSSR count). The summed E-state index contributed by atoms with van der Waals surface area (Å²) in [4.78, 5) is 8.55. The van der Waals surface area contributed by atoms with Gasteiger partial charge in [0.05, 0.1) is 0 Å². The van der Waals surface area contributed by atoms with Gasteiger partial charge in [-0.1, -0.05) is 0 Å². The fourth-order valence-electron chi connectivity index (χ4n) is 1.20. The van der Waals surface area contributed by atoms with E-state index in [1.807, 2.05) is 12.4 Å². The number of nitrogens with zero attached hydrogens (tertiary/aromatic N) is 2. The third kappa shape index (κ3) is 3.60. The van der Waals surface area contributed by atoms with E-state index >= 15 is 0 Å². The van der Waals surface area contributed by atoms with Crippen LogP contribution in [0.1, 0.15) is 32.4 Å². The van der Waals surface area contributed by atoms with Gasteiger partial charge in [-0.3, -0.25) is 0 Å². The summed E-state index contributed by atoms with van der Waals surface area (Å²) in [6.45, 7) is 6.37. The van der Waals surface area contributed by atoms with Gasteiger partial charge in [-0.15, -0.1) is 0 Å². The minimum atomic E-state index is 0.0273. The van der Waals surface area contributed by atoms with Gasteiger partial charge < -0.3 is 0 Å². The zero-order valence-electron chi connectivity index (χ0n) is 10.1. The fourth-order valence-corrected chi connectivity index (χ4v) is 4.30. The van der Waals surface area contributed by atoms with Crippen LogP contribution in [0.2, 0.25) is 0 Å². The molecular weight excluding hydrogens is 315 g/mol. The number of oxazole rings is 1. The molecule has 0 aliphatic heterocycles. The van der Waals surface area contributed by atoms with Gasteiger partial charge in [0.2, 0.25) is 0 Å². The van der Waals surface area contributed by atoms with Crippen molar-refractivity contribution >= 4 is 43.7 Å². The van der Waals surface area contributed by atoms with Crippen LogP contribution in [0, 0.1) is 0 Å². The molecule has 0 amide bonds. The van der Waals surface area contributed by atoms with E-state index in [-0.39, 0.29) is 5.41 Å². The predicted molar refractivity (Wildman–Crippen MR) is 75.1 cm³/mol. The first-order chi connectivity index (χ1) is 7.95. The van der Waals surface area contributed by atoms with Crippen molar-refractivity contribution < 1.29 is 4.42 Å². The van der Waals surface area contributed by atoms with Crippen LogP contribution in [0.15, 0.2) is 21.0 Å². The molecule has 0 aromatic carbocycles. The van der Waals surface area contributed by atoms with Crippen LogP contribution in [0.3, 0.4) is 0 Å². The molecule has 0 aliphatic carbocycles. The summed E-state index contributed by atoms with van der Waals surface area (Å²) >= 11 is 5.03. The Kier molecular flexibility index (Phi) is 4.01. The standard InChI is InChI=1S/C11H15AsN2OS2/c1-11(2,3)7-4-13-8(15-7)6-16-9-5-14-10(12)17-9/h4-5H,6,12H2,1-3H3. The molecule has 1 unspecified atom stereocenters. The minimum absolute atomic E-state index is 0.0273. The number of thiazole rings is 1. The summed E-state index contributed by atoms with van der Waals surface area (Å²) in [5.41, 5.74) is 0.0273. The monoisotopic (exact) mass is 330 g/mol. The second-order valence-corrected chi connectivity index (χ2v) is 9.04. The zero-order chi connectivity index (χ0) is 12.5. The molecule has 0 N–H and O–H groups in total. The second kappa shape index (κ2) is 5.17. The van der Waals surface area contributed by atoms with Gasteiger partial charge >= 0.3 is 118 Å². The Morgan fingerprint density at radius 3 is 2.65 bits per heavy atom. The van der Waals surface area contributed by atoms with E-state index in [2.05, 4.69) is 30.7 Å². The average molecular weight is 330 g/mol. The molecule has 0 aliphatic rings. The maximum atomic E-state index is 5.73. The normalized spacial score (nSPS) is 12.0. The van der Waals surface area contributed by atoms with E-state index in [1.165, 1.54) is 4.21 Å². The van der Waals surface area contributed by atoms with Crippen LogP contribution in [0.4, 0.5) is 0 Å². The van der Waals surface area contributed by atoms with Crippen LogP contribution >= 0.6 is 23.1 Å². The van der Waals surface area contributed by atoms with E-state index in [9.17, 15) is 0 Å². The van der Waals surface area contributed by atoms with Gasteiger partial charge in [0, 0.05) is 0 Å². The Hall–Kier alpha value is -0.252. The van der Waals surface area contributed by atoms with Crippen molar-refractivity contribution in [1.82, 2.24) is 9.97 Å². The van der Waals surface area contributed by atoms with Crippen molar-refractivity contribution in [3.05, 3.63) is 24.0 Å². The van der Waals surface area contributed by atoms with Crippen molar-refractivity contribution in [2.45, 2.75) is 36.1 Å². The Morgan fingerprint density at radius 2 is 2.12 bits per heavy atom. The molecule has 92 valence electrons. The summed E-state index contributed by atoms with van der Waals surface area (Å²) in [5.74, 6) is 2.50. The first-order valence-corrected chi connectivity index (χ1v) is 8.26. The van der Waals surface area contributed by atoms with Gasteiger partial charge in [-0.2, -0.15) is 0 Å². The SMILES string of the molecule is CC(C)(C)c1cnc(CSc2cnc([AsH2])s2)o1. The molecule has 6 heteroatoms. The molecule has 0 saturated heterocycles. The molecule has 3 nitrogen and oxygen atoms in total. The van der Waals surface area contributed by atoms with E-state index in [0.29, 0.717) is 0 Å². The summed E-state index contributed by atoms with van der Waals surface area (Å²) in [6, 6.07) is 0. The molecule has 17 heavy (non-hydrogen) atoms. The summed E-state index contributed by atoms with van der Waals surface area (Å²) in [5, 5.41) is 0. The Bertz CT molecular complexity index is 502. The number of hydrogen-bond donors (Lipinski definition) is 0. The van der Waals surface area contributed by atoms with Crippen LogP contribution in [0.5, 0.6) is 0 Å². The van der Waals surface area contributed by atoms with Gasteiger partial charge in [0.15, 0.2) is 0 Å². The summed E-state index contributed by atoms with van der Waals surface area (Å²) < 4.78 is 8.11. The summed E-state index contributed by atoms with van der Waals surface area (Å²) in [7, 11) is 0. The Morgan fingerprint density at radius 1 is 1.35 bits per heavy atom. The van der Waals surface area contributed by atoms with Crippen molar-refractivity contribution in [2.75, 3.05) is 0 Å². The van der Waals surface area contributed by atoms with Crippen molar-refractivity contribution in [3.8, 4) is 0 Å². The van der Waals surface area contributed by atoms with E-state index in [0.717, 1.165) is 21.2 Å². The third-order valence-electron chi connectivity index (χ3n) is 2.13. The van der Waals surface area contributed by atoms with Gasteiger partial charge in [-0.05, 0) is 0 Å². The van der Waals surface area contributed by atoms with Crippen molar-refractivity contribution in [2.24, 2.45) is 0 Å². The molecule has 1 atom stereocenters. The molecule has 0 radical (unpaired) electrons. The number of rotatable bonds is 3. The molecular formula is C11H15AsN2OS2. The first-order valence-electron chi connectivity index (χ1n) is 5.24. The number of aromatic nitrogens is 2. The first kappa shape index (κ1) is 13.2. The van der Waals surface area contributed by atoms with Gasteiger partial charge in [0.25, 0.3) is 0 Å². The topological polar surface area (TPSA) is 38.9 Å². The van der Waals surface area contributed by atoms with Crippen LogP contribution in [-0.4, -0.2) is 26.8 Å². The van der Waals surface area contributed by atoms with E-state index in [4.69, 9.17) is 4.42 Å². The molecule has 0 saturated carbocycles. The Labute approximate surface area is 118 Å². The molecule has 2 heterocycles. The van der Waals surface area contributed by atoms with Crippen LogP contribution < -0.4 is 3.80 Å². The predicted octanol–water partition coefficient (Wildman–Crippen LogP) is 1.98. The summed E-state index contributed by atoms with van der Waals surface area (Å²) in [6.07, 6.45) is 3.75. The van der Waals surface area contributed by atoms with Gasteiger partial charge in [0.1, 0.15) is 0 Å². The van der Waals surface area contributed by atoms with Gasteiger partial charge in [-0.25, -0.2) is 0 Å². The van der Waals surface area contributed by atoms with Crippen molar-refractivity contribution in [1.29, 1.82) is 0 Å². The number of thioether (sulfide) groups is 1. The average Bonchev–Trinajstić information content (AvgIpc) is 2.82. The number of hydrogen-bond acceptors (Lipinski definition) is 5. The molecule has 0 fully saturated rings. The van der Waals surface area contributed by atoms with Crippen LogP contribution in [-0.2, 0) is 11.2 Å². The zero-order valence-corrected chi connectivity index (χ0v) is 14.1. The molecule has 2 aromatic rings. The third-order valence-corrected chi connectivity index (χ3v) is 5.19. The quantitative estimate of drug-likeness (QED) is 0.637. The Balaban J connectivity index is 1.98. The second-order valence-electron chi connectivity index (χ2n) is 4.67. The maximum absolute atomic E-state index is 5.73.